The van der Waals surface area contributed by atoms with Gasteiger partial charge in [0, 0.05) is 34.5 Å². The highest BCUT2D eigenvalue weighted by Crippen LogP contribution is 2.27. The van der Waals surface area contributed by atoms with Crippen LogP contribution in [-0.2, 0) is 4.79 Å². The molecule has 120 valence electrons. The van der Waals surface area contributed by atoms with E-state index in [0.717, 1.165) is 0 Å². The van der Waals surface area contributed by atoms with Crippen LogP contribution in [0.1, 0.15) is 5.69 Å². The van der Waals surface area contributed by atoms with Gasteiger partial charge in [-0.2, -0.15) is 0 Å². The molecule has 0 fully saturated rings. The van der Waals surface area contributed by atoms with Crippen molar-refractivity contribution in [2.24, 2.45) is 0 Å². The predicted molar refractivity (Wildman–Crippen MR) is 94.0 cm³/mol. The lowest BCUT2D eigenvalue weighted by atomic mass is 10.1. The van der Waals surface area contributed by atoms with Crippen molar-refractivity contribution in [1.82, 2.24) is 9.97 Å². The van der Waals surface area contributed by atoms with Crippen LogP contribution in [0.5, 0.6) is 0 Å². The number of thiazole rings is 2. The monoisotopic (exact) mass is 358 g/mol. The largest absolute Gasteiger partial charge is 0.298 e. The van der Waals surface area contributed by atoms with Gasteiger partial charge in [0.2, 0.25) is 5.91 Å². The maximum Gasteiger partial charge on any atom is 0.270 e. The highest BCUT2D eigenvalue weighted by Gasteiger charge is 2.10. The SMILES string of the molecule is O=C(/C=C/c1cscn1)Nc1nc(-c2cccc([N+](=O)[O-])c2)cs1. The quantitative estimate of drug-likeness (QED) is 0.425. The summed E-state index contributed by atoms with van der Waals surface area (Å²) in [6, 6.07) is 6.20. The first-order valence-corrected chi connectivity index (χ1v) is 8.51. The van der Waals surface area contributed by atoms with E-state index in [2.05, 4.69) is 15.3 Å². The van der Waals surface area contributed by atoms with Crippen molar-refractivity contribution in [2.75, 3.05) is 5.32 Å². The minimum atomic E-state index is -0.457. The molecule has 1 amide bonds. The van der Waals surface area contributed by atoms with Crippen molar-refractivity contribution < 1.29 is 9.72 Å². The van der Waals surface area contributed by atoms with Gasteiger partial charge < -0.3 is 0 Å². The van der Waals surface area contributed by atoms with Gasteiger partial charge in [-0.25, -0.2) is 9.97 Å². The van der Waals surface area contributed by atoms with Gasteiger partial charge in [0.05, 0.1) is 21.8 Å². The van der Waals surface area contributed by atoms with E-state index in [0.29, 0.717) is 22.1 Å². The molecule has 24 heavy (non-hydrogen) atoms. The fraction of sp³-hybridized carbons (Fsp3) is 0. The molecule has 0 aliphatic carbocycles. The third-order valence-corrected chi connectivity index (χ3v) is 4.31. The molecule has 3 rings (SSSR count). The number of amides is 1. The van der Waals surface area contributed by atoms with Gasteiger partial charge in [-0.3, -0.25) is 20.2 Å². The second-order valence-electron chi connectivity index (χ2n) is 4.58. The van der Waals surface area contributed by atoms with E-state index in [1.54, 1.807) is 29.1 Å². The van der Waals surface area contributed by atoms with Crippen LogP contribution in [0.2, 0.25) is 0 Å². The van der Waals surface area contributed by atoms with Crippen LogP contribution in [0.25, 0.3) is 17.3 Å². The number of aromatic nitrogens is 2. The van der Waals surface area contributed by atoms with Crippen molar-refractivity contribution in [1.29, 1.82) is 0 Å². The van der Waals surface area contributed by atoms with Gasteiger partial charge in [0.25, 0.3) is 5.69 Å². The molecule has 9 heteroatoms. The molecule has 2 heterocycles. The van der Waals surface area contributed by atoms with Crippen LogP contribution in [-0.4, -0.2) is 20.8 Å². The predicted octanol–water partition coefficient (Wildman–Crippen LogP) is 3.83. The van der Waals surface area contributed by atoms with Crippen LogP contribution < -0.4 is 5.32 Å². The first-order chi connectivity index (χ1) is 11.6. The van der Waals surface area contributed by atoms with Crippen molar-refractivity contribution in [2.45, 2.75) is 0 Å². The standard InChI is InChI=1S/C15H10N4O3S2/c20-14(5-4-11-7-23-9-16-11)18-15-17-13(8-24-15)10-2-1-3-12(6-10)19(21)22/h1-9H,(H,17,18,20)/b5-4+. The van der Waals surface area contributed by atoms with E-state index in [9.17, 15) is 14.9 Å². The Labute approximate surface area is 144 Å². The fourth-order valence-electron chi connectivity index (χ4n) is 1.85. The van der Waals surface area contributed by atoms with Crippen molar-refractivity contribution in [3.8, 4) is 11.3 Å². The minimum absolute atomic E-state index is 0.00252. The molecule has 1 aromatic carbocycles. The normalized spacial score (nSPS) is 10.8. The Morgan fingerprint density at radius 2 is 2.21 bits per heavy atom. The third-order valence-electron chi connectivity index (χ3n) is 2.94. The van der Waals surface area contributed by atoms with E-state index in [1.807, 2.05) is 5.38 Å². The minimum Gasteiger partial charge on any atom is -0.298 e. The van der Waals surface area contributed by atoms with Gasteiger partial charge in [-0.1, -0.05) is 12.1 Å². The Bertz CT molecular complexity index is 903. The Kier molecular flexibility index (Phi) is 4.73. The Morgan fingerprint density at radius 1 is 1.33 bits per heavy atom. The van der Waals surface area contributed by atoms with Gasteiger partial charge >= 0.3 is 0 Å². The molecule has 3 aromatic rings. The summed E-state index contributed by atoms with van der Waals surface area (Å²) in [4.78, 5) is 30.5. The molecule has 0 radical (unpaired) electrons. The number of carbonyl (C=O) groups excluding carboxylic acids is 1. The molecular formula is C15H10N4O3S2. The van der Waals surface area contributed by atoms with E-state index in [4.69, 9.17) is 0 Å². The van der Waals surface area contributed by atoms with E-state index >= 15 is 0 Å². The maximum atomic E-state index is 11.9. The number of hydrogen-bond acceptors (Lipinski definition) is 7. The number of nitrogens with one attached hydrogen (secondary N) is 1. The fourth-order valence-corrected chi connectivity index (χ4v) is 3.10. The van der Waals surface area contributed by atoms with Gasteiger partial charge in [0.15, 0.2) is 5.13 Å². The molecule has 0 aliphatic rings. The highest BCUT2D eigenvalue weighted by atomic mass is 32.1. The number of hydrogen-bond donors (Lipinski definition) is 1. The second-order valence-corrected chi connectivity index (χ2v) is 6.16. The molecule has 0 aliphatic heterocycles. The average Bonchev–Trinajstić information content (AvgIpc) is 3.25. The molecule has 0 spiro atoms. The zero-order valence-corrected chi connectivity index (χ0v) is 13.7. The first kappa shape index (κ1) is 16.0. The first-order valence-electron chi connectivity index (χ1n) is 6.69. The lowest BCUT2D eigenvalue weighted by molar-refractivity contribution is -0.384. The topological polar surface area (TPSA) is 98.0 Å². The molecule has 0 bridgehead atoms. The number of carbonyl (C=O) groups is 1. The van der Waals surface area contributed by atoms with Crippen LogP contribution in [0.3, 0.4) is 0 Å². The summed E-state index contributed by atoms with van der Waals surface area (Å²) in [5.74, 6) is -0.317. The number of nitro groups is 1. The summed E-state index contributed by atoms with van der Waals surface area (Å²) in [5, 5.41) is 17.5. The van der Waals surface area contributed by atoms with Crippen molar-refractivity contribution >= 4 is 45.5 Å². The molecule has 0 unspecified atom stereocenters. The highest BCUT2D eigenvalue weighted by molar-refractivity contribution is 7.14. The summed E-state index contributed by atoms with van der Waals surface area (Å²) >= 11 is 2.70. The Morgan fingerprint density at radius 3 is 2.96 bits per heavy atom. The molecule has 0 atom stereocenters. The Hall–Kier alpha value is -2.91. The van der Waals surface area contributed by atoms with E-state index in [1.165, 1.54) is 40.9 Å². The van der Waals surface area contributed by atoms with Crippen LogP contribution in [0, 0.1) is 10.1 Å². The summed E-state index contributed by atoms with van der Waals surface area (Å²) < 4.78 is 0. The molecular weight excluding hydrogens is 348 g/mol. The molecule has 0 saturated carbocycles. The molecule has 7 nitrogen and oxygen atoms in total. The second kappa shape index (κ2) is 7.11. The lowest BCUT2D eigenvalue weighted by Gasteiger charge is -1.97. The molecule has 2 aromatic heterocycles. The summed E-state index contributed by atoms with van der Waals surface area (Å²) in [5.41, 5.74) is 3.59. The van der Waals surface area contributed by atoms with Gasteiger partial charge in [0.1, 0.15) is 0 Å². The Balaban J connectivity index is 1.70. The lowest BCUT2D eigenvalue weighted by Crippen LogP contribution is -2.07. The van der Waals surface area contributed by atoms with Crippen molar-refractivity contribution in [3.05, 3.63) is 62.4 Å². The number of rotatable bonds is 5. The van der Waals surface area contributed by atoms with Crippen LogP contribution in [0.15, 0.2) is 46.6 Å². The van der Waals surface area contributed by atoms with E-state index in [-0.39, 0.29) is 11.6 Å². The van der Waals surface area contributed by atoms with Crippen molar-refractivity contribution in [3.63, 3.8) is 0 Å². The molecule has 0 saturated heterocycles. The summed E-state index contributed by atoms with van der Waals surface area (Å²) in [6.45, 7) is 0. The van der Waals surface area contributed by atoms with E-state index < -0.39 is 4.92 Å². The smallest absolute Gasteiger partial charge is 0.270 e. The number of anilines is 1. The van der Waals surface area contributed by atoms with Gasteiger partial charge in [-0.15, -0.1) is 22.7 Å². The summed E-state index contributed by atoms with van der Waals surface area (Å²) in [7, 11) is 0. The third kappa shape index (κ3) is 3.89. The van der Waals surface area contributed by atoms with Crippen LogP contribution >= 0.6 is 22.7 Å². The maximum absolute atomic E-state index is 11.9. The number of nitrogens with zero attached hydrogens (tertiary/aromatic N) is 3. The van der Waals surface area contributed by atoms with Crippen LogP contribution in [0.4, 0.5) is 10.8 Å². The average molecular weight is 358 g/mol. The number of nitro benzene ring substituents is 1. The number of non-ortho nitro benzene ring substituents is 1. The number of benzene rings is 1. The zero-order chi connectivity index (χ0) is 16.9. The molecule has 1 N–H and O–H groups in total. The van der Waals surface area contributed by atoms with Gasteiger partial charge in [-0.05, 0) is 6.08 Å². The zero-order valence-electron chi connectivity index (χ0n) is 12.1. The summed E-state index contributed by atoms with van der Waals surface area (Å²) in [6.07, 6.45) is 2.99.